The van der Waals surface area contributed by atoms with E-state index in [1.165, 1.54) is 19.8 Å². The molecule has 0 aliphatic heterocycles. The molecule has 0 radical (unpaired) electrons. The minimum Gasteiger partial charge on any atom is -0.462 e. The Morgan fingerprint density at radius 2 is 2.00 bits per heavy atom. The predicted octanol–water partition coefficient (Wildman–Crippen LogP) is 3.01. The summed E-state index contributed by atoms with van der Waals surface area (Å²) in [5.41, 5.74) is 0. The van der Waals surface area contributed by atoms with Gasteiger partial charge in [0.25, 0.3) is 0 Å². The number of rotatable bonds is 2. The molecule has 0 amide bonds. The zero-order chi connectivity index (χ0) is 10.7. The molecule has 0 bridgehead atoms. The van der Waals surface area contributed by atoms with E-state index in [-0.39, 0.29) is 12.1 Å². The average Bonchev–Trinajstić information content (AvgIpc) is 2.01. The summed E-state index contributed by atoms with van der Waals surface area (Å²) in [4.78, 5) is 11.0. The summed E-state index contributed by atoms with van der Waals surface area (Å²) < 4.78 is 5.40. The van der Waals surface area contributed by atoms with E-state index in [1.807, 2.05) is 0 Å². The molecule has 2 heteroatoms. The van der Waals surface area contributed by atoms with E-state index in [2.05, 4.69) is 20.8 Å². The maximum absolute atomic E-state index is 11.0. The fourth-order valence-corrected chi connectivity index (χ4v) is 2.46. The summed E-state index contributed by atoms with van der Waals surface area (Å²) in [5.74, 6) is 1.76. The summed E-state index contributed by atoms with van der Waals surface area (Å²) in [5, 5.41) is 0. The van der Waals surface area contributed by atoms with Gasteiger partial charge in [0.1, 0.15) is 6.10 Å². The van der Waals surface area contributed by atoms with Crippen LogP contribution in [0.15, 0.2) is 0 Å². The van der Waals surface area contributed by atoms with Gasteiger partial charge in [-0.2, -0.15) is 0 Å². The van der Waals surface area contributed by atoms with Crippen molar-refractivity contribution in [2.45, 2.75) is 53.1 Å². The number of ether oxygens (including phenoxy) is 1. The van der Waals surface area contributed by atoms with Crippen LogP contribution in [0.25, 0.3) is 0 Å². The first kappa shape index (κ1) is 11.5. The first-order valence-electron chi connectivity index (χ1n) is 5.68. The Balaban J connectivity index is 2.58. The molecule has 0 spiro atoms. The van der Waals surface area contributed by atoms with E-state index in [0.717, 1.165) is 6.42 Å². The molecular weight excluding hydrogens is 176 g/mol. The van der Waals surface area contributed by atoms with Crippen LogP contribution in [-0.2, 0) is 9.53 Å². The van der Waals surface area contributed by atoms with Crippen molar-refractivity contribution in [3.63, 3.8) is 0 Å². The van der Waals surface area contributed by atoms with Gasteiger partial charge in [0, 0.05) is 6.92 Å². The molecule has 0 saturated heterocycles. The Kier molecular flexibility index (Phi) is 3.97. The minimum atomic E-state index is -0.130. The van der Waals surface area contributed by atoms with Crippen LogP contribution in [0, 0.1) is 17.8 Å². The van der Waals surface area contributed by atoms with E-state index in [9.17, 15) is 4.79 Å². The SMILES string of the molecule is CC(=O)O[C@@H]1CC(C)CCC1C(C)C. The molecule has 0 N–H and O–H groups in total. The average molecular weight is 198 g/mol. The highest BCUT2D eigenvalue weighted by molar-refractivity contribution is 5.66. The highest BCUT2D eigenvalue weighted by atomic mass is 16.5. The van der Waals surface area contributed by atoms with Gasteiger partial charge in [-0.25, -0.2) is 0 Å². The van der Waals surface area contributed by atoms with Crippen LogP contribution in [0.5, 0.6) is 0 Å². The lowest BCUT2D eigenvalue weighted by Gasteiger charge is -2.36. The first-order chi connectivity index (χ1) is 6.50. The van der Waals surface area contributed by atoms with Crippen LogP contribution in [0.1, 0.15) is 47.0 Å². The Bertz CT molecular complexity index is 198. The molecule has 1 aliphatic rings. The molecule has 0 aromatic rings. The van der Waals surface area contributed by atoms with E-state index in [0.29, 0.717) is 17.8 Å². The second kappa shape index (κ2) is 4.81. The standard InChI is InChI=1S/C12H22O2/c1-8(2)11-6-5-9(3)7-12(11)14-10(4)13/h8-9,11-12H,5-7H2,1-4H3/t9?,11?,12-/m1/s1. The van der Waals surface area contributed by atoms with E-state index >= 15 is 0 Å². The molecule has 82 valence electrons. The second-order valence-corrected chi connectivity index (χ2v) is 4.97. The number of esters is 1. The molecule has 3 atom stereocenters. The fourth-order valence-electron chi connectivity index (χ4n) is 2.46. The summed E-state index contributed by atoms with van der Waals surface area (Å²) in [6.07, 6.45) is 3.69. The lowest BCUT2D eigenvalue weighted by molar-refractivity contribution is -0.153. The van der Waals surface area contributed by atoms with Gasteiger partial charge in [-0.05, 0) is 30.6 Å². The lowest BCUT2D eigenvalue weighted by atomic mass is 9.75. The fraction of sp³-hybridized carbons (Fsp3) is 0.917. The lowest BCUT2D eigenvalue weighted by Crippen LogP contribution is -2.35. The number of carbonyl (C=O) groups excluding carboxylic acids is 1. The molecule has 2 unspecified atom stereocenters. The zero-order valence-corrected chi connectivity index (χ0v) is 9.75. The zero-order valence-electron chi connectivity index (χ0n) is 9.75. The van der Waals surface area contributed by atoms with Crippen LogP contribution in [-0.4, -0.2) is 12.1 Å². The van der Waals surface area contributed by atoms with E-state index in [1.54, 1.807) is 0 Å². The molecule has 1 rings (SSSR count). The molecular formula is C12H22O2. The van der Waals surface area contributed by atoms with Gasteiger partial charge >= 0.3 is 5.97 Å². The van der Waals surface area contributed by atoms with Gasteiger partial charge in [0.2, 0.25) is 0 Å². The van der Waals surface area contributed by atoms with Crippen molar-refractivity contribution in [1.82, 2.24) is 0 Å². The summed E-state index contributed by atoms with van der Waals surface area (Å²) in [6.45, 7) is 8.19. The normalized spacial score (nSPS) is 33.1. The van der Waals surface area contributed by atoms with Crippen molar-refractivity contribution in [2.24, 2.45) is 17.8 Å². The monoisotopic (exact) mass is 198 g/mol. The molecule has 0 aromatic heterocycles. The van der Waals surface area contributed by atoms with Gasteiger partial charge in [-0.3, -0.25) is 4.79 Å². The van der Waals surface area contributed by atoms with Crippen LogP contribution in [0.4, 0.5) is 0 Å². The Labute approximate surface area is 87.0 Å². The molecule has 0 aromatic carbocycles. The summed E-state index contributed by atoms with van der Waals surface area (Å²) >= 11 is 0. The first-order valence-corrected chi connectivity index (χ1v) is 5.68. The summed E-state index contributed by atoms with van der Waals surface area (Å²) in [7, 11) is 0. The maximum atomic E-state index is 11.0. The number of carbonyl (C=O) groups is 1. The molecule has 1 saturated carbocycles. The summed E-state index contributed by atoms with van der Waals surface area (Å²) in [6, 6.07) is 0. The third-order valence-electron chi connectivity index (χ3n) is 3.28. The number of hydrogen-bond donors (Lipinski definition) is 0. The van der Waals surface area contributed by atoms with Crippen molar-refractivity contribution >= 4 is 5.97 Å². The third-order valence-corrected chi connectivity index (χ3v) is 3.28. The molecule has 14 heavy (non-hydrogen) atoms. The predicted molar refractivity (Wildman–Crippen MR) is 56.9 cm³/mol. The van der Waals surface area contributed by atoms with Gasteiger partial charge < -0.3 is 4.74 Å². The van der Waals surface area contributed by atoms with Gasteiger partial charge in [-0.1, -0.05) is 27.2 Å². The van der Waals surface area contributed by atoms with E-state index in [4.69, 9.17) is 4.74 Å². The van der Waals surface area contributed by atoms with Crippen molar-refractivity contribution in [3.05, 3.63) is 0 Å². The topological polar surface area (TPSA) is 26.3 Å². The van der Waals surface area contributed by atoms with Crippen LogP contribution < -0.4 is 0 Å². The van der Waals surface area contributed by atoms with Crippen LogP contribution in [0.3, 0.4) is 0 Å². The van der Waals surface area contributed by atoms with Gasteiger partial charge in [-0.15, -0.1) is 0 Å². The maximum Gasteiger partial charge on any atom is 0.302 e. The van der Waals surface area contributed by atoms with Gasteiger partial charge in [0.05, 0.1) is 0 Å². The van der Waals surface area contributed by atoms with Crippen molar-refractivity contribution in [1.29, 1.82) is 0 Å². The Hall–Kier alpha value is -0.530. The third kappa shape index (κ3) is 3.00. The second-order valence-electron chi connectivity index (χ2n) is 4.97. The number of hydrogen-bond acceptors (Lipinski definition) is 2. The molecule has 2 nitrogen and oxygen atoms in total. The Morgan fingerprint density at radius 3 is 2.50 bits per heavy atom. The minimum absolute atomic E-state index is 0.130. The molecule has 0 heterocycles. The molecule has 1 fully saturated rings. The van der Waals surface area contributed by atoms with Crippen LogP contribution >= 0.6 is 0 Å². The Morgan fingerprint density at radius 1 is 1.36 bits per heavy atom. The molecule has 1 aliphatic carbocycles. The highest BCUT2D eigenvalue weighted by Crippen LogP contribution is 2.35. The van der Waals surface area contributed by atoms with Crippen LogP contribution in [0.2, 0.25) is 0 Å². The quantitative estimate of drug-likeness (QED) is 0.637. The highest BCUT2D eigenvalue weighted by Gasteiger charge is 2.32. The van der Waals surface area contributed by atoms with E-state index < -0.39 is 0 Å². The largest absolute Gasteiger partial charge is 0.462 e. The van der Waals surface area contributed by atoms with Crippen molar-refractivity contribution in [3.8, 4) is 0 Å². The van der Waals surface area contributed by atoms with Gasteiger partial charge in [0.15, 0.2) is 0 Å². The van der Waals surface area contributed by atoms with Crippen molar-refractivity contribution < 1.29 is 9.53 Å². The van der Waals surface area contributed by atoms with Crippen molar-refractivity contribution in [2.75, 3.05) is 0 Å². The smallest absolute Gasteiger partial charge is 0.302 e.